The van der Waals surface area contributed by atoms with Gasteiger partial charge in [0.25, 0.3) is 0 Å². The Bertz CT molecular complexity index is 1220. The van der Waals surface area contributed by atoms with E-state index in [-0.39, 0.29) is 36.7 Å². The van der Waals surface area contributed by atoms with E-state index in [0.29, 0.717) is 37.4 Å². The monoisotopic (exact) mass is 580 g/mol. The molecule has 3 amide bonds. The van der Waals surface area contributed by atoms with Crippen molar-refractivity contribution in [3.8, 4) is 11.6 Å². The fourth-order valence-corrected chi connectivity index (χ4v) is 4.45. The Morgan fingerprint density at radius 1 is 0.976 bits per heavy atom. The van der Waals surface area contributed by atoms with Crippen LogP contribution in [0.15, 0.2) is 30.6 Å². The Morgan fingerprint density at radius 3 is 2.32 bits per heavy atom. The number of nitrogens with one attached hydrogen (secondary N) is 3. The summed E-state index contributed by atoms with van der Waals surface area (Å²) < 4.78 is 57.3. The standard InChI is InChI=1S/C27H35F3N6O5/c1-26(2,3)41-25(38)36-13-19(14-36)39-21-10-5-16(27(28,29)30)11-20(21)35-24(37)34-17-6-8-18(9-7-17)40-23-12-22(31-4)32-15-33-23/h5,10-12,15,17-19H,6-9,13-14H2,1-4H3,(H,31,32,33)(H2,34,35,37)/t17-,18-. The Hall–Kier alpha value is -3.97. The number of carbonyl (C=O) groups excluding carboxylic acids is 2. The molecule has 2 fully saturated rings. The number of hydrogen-bond acceptors (Lipinski definition) is 8. The quantitative estimate of drug-likeness (QED) is 0.416. The second-order valence-electron chi connectivity index (χ2n) is 11.0. The van der Waals surface area contributed by atoms with Gasteiger partial charge >= 0.3 is 18.3 Å². The van der Waals surface area contributed by atoms with Crippen LogP contribution in [0.1, 0.15) is 52.0 Å². The van der Waals surface area contributed by atoms with Crippen molar-refractivity contribution in [1.82, 2.24) is 20.2 Å². The van der Waals surface area contributed by atoms with Crippen molar-refractivity contribution in [3.63, 3.8) is 0 Å². The predicted molar refractivity (Wildman–Crippen MR) is 144 cm³/mol. The first kappa shape index (κ1) is 30.0. The third-order valence-corrected chi connectivity index (χ3v) is 6.54. The first-order valence-electron chi connectivity index (χ1n) is 13.4. The lowest BCUT2D eigenvalue weighted by molar-refractivity contribution is -0.137. The summed E-state index contributed by atoms with van der Waals surface area (Å²) >= 11 is 0. The number of halogens is 3. The number of alkyl halides is 3. The number of benzene rings is 1. The van der Waals surface area contributed by atoms with E-state index in [0.717, 1.165) is 12.1 Å². The highest BCUT2D eigenvalue weighted by molar-refractivity contribution is 5.91. The zero-order valence-corrected chi connectivity index (χ0v) is 23.4. The van der Waals surface area contributed by atoms with Crippen LogP contribution in [0, 0.1) is 0 Å². The molecule has 2 heterocycles. The number of aromatic nitrogens is 2. The van der Waals surface area contributed by atoms with E-state index in [1.165, 1.54) is 17.3 Å². The van der Waals surface area contributed by atoms with Crippen LogP contribution >= 0.6 is 0 Å². The molecule has 1 saturated heterocycles. The fraction of sp³-hybridized carbons (Fsp3) is 0.556. The predicted octanol–water partition coefficient (Wildman–Crippen LogP) is 5.05. The Labute approximate surface area is 236 Å². The van der Waals surface area contributed by atoms with Gasteiger partial charge in [0.1, 0.15) is 35.7 Å². The molecule has 3 N–H and O–H groups in total. The van der Waals surface area contributed by atoms with Crippen molar-refractivity contribution >= 4 is 23.6 Å². The van der Waals surface area contributed by atoms with Crippen molar-refractivity contribution in [3.05, 3.63) is 36.2 Å². The van der Waals surface area contributed by atoms with E-state index >= 15 is 0 Å². The van der Waals surface area contributed by atoms with Crippen LogP contribution in [0.2, 0.25) is 0 Å². The van der Waals surface area contributed by atoms with Gasteiger partial charge in [0.15, 0.2) is 0 Å². The Balaban J connectivity index is 1.32. The molecular formula is C27H35F3N6O5. The summed E-state index contributed by atoms with van der Waals surface area (Å²) in [6.07, 6.45) is -1.67. The molecule has 0 radical (unpaired) electrons. The molecule has 2 aromatic rings. The molecule has 4 rings (SSSR count). The zero-order valence-electron chi connectivity index (χ0n) is 23.4. The molecule has 2 aliphatic rings. The Kier molecular flexibility index (Phi) is 8.98. The molecule has 11 nitrogen and oxygen atoms in total. The third-order valence-electron chi connectivity index (χ3n) is 6.54. The smallest absolute Gasteiger partial charge is 0.416 e. The van der Waals surface area contributed by atoms with E-state index in [1.807, 2.05) is 0 Å². The molecule has 1 aromatic heterocycles. The average molecular weight is 581 g/mol. The number of ether oxygens (including phenoxy) is 3. The Morgan fingerprint density at radius 2 is 1.68 bits per heavy atom. The van der Waals surface area contributed by atoms with E-state index in [2.05, 4.69) is 25.9 Å². The van der Waals surface area contributed by atoms with Crippen LogP contribution in [0.4, 0.5) is 34.3 Å². The van der Waals surface area contributed by atoms with Crippen molar-refractivity contribution in [1.29, 1.82) is 0 Å². The molecule has 0 atom stereocenters. The van der Waals surface area contributed by atoms with Crippen molar-refractivity contribution < 1.29 is 37.0 Å². The van der Waals surface area contributed by atoms with Crippen molar-refractivity contribution in [2.75, 3.05) is 30.8 Å². The molecule has 0 spiro atoms. The molecule has 41 heavy (non-hydrogen) atoms. The number of amides is 3. The van der Waals surface area contributed by atoms with Gasteiger partial charge in [-0.1, -0.05) is 0 Å². The molecule has 1 aliphatic heterocycles. The largest absolute Gasteiger partial charge is 0.485 e. The van der Waals surface area contributed by atoms with Crippen LogP contribution in [-0.2, 0) is 10.9 Å². The number of carbonyl (C=O) groups is 2. The highest BCUT2D eigenvalue weighted by Crippen LogP contribution is 2.36. The van der Waals surface area contributed by atoms with Gasteiger partial charge < -0.3 is 35.1 Å². The van der Waals surface area contributed by atoms with Gasteiger partial charge in [0, 0.05) is 19.2 Å². The summed E-state index contributed by atoms with van der Waals surface area (Å²) in [6.45, 7) is 5.67. The molecule has 1 aliphatic carbocycles. The lowest BCUT2D eigenvalue weighted by Gasteiger charge is -2.39. The summed E-state index contributed by atoms with van der Waals surface area (Å²) in [6, 6.07) is 3.77. The number of anilines is 2. The maximum absolute atomic E-state index is 13.4. The average Bonchev–Trinajstić information content (AvgIpc) is 2.86. The van der Waals surface area contributed by atoms with Crippen molar-refractivity contribution in [2.24, 2.45) is 0 Å². The van der Waals surface area contributed by atoms with Crippen LogP contribution in [-0.4, -0.2) is 71.0 Å². The van der Waals surface area contributed by atoms with Gasteiger partial charge in [-0.2, -0.15) is 13.2 Å². The minimum atomic E-state index is -4.61. The van der Waals surface area contributed by atoms with E-state index in [4.69, 9.17) is 14.2 Å². The topological polar surface area (TPSA) is 127 Å². The second-order valence-corrected chi connectivity index (χ2v) is 11.0. The first-order chi connectivity index (χ1) is 19.3. The van der Waals surface area contributed by atoms with Gasteiger partial charge in [-0.25, -0.2) is 19.6 Å². The number of nitrogens with zero attached hydrogens (tertiary/aromatic N) is 3. The lowest BCUT2D eigenvalue weighted by Crippen LogP contribution is -2.57. The summed E-state index contributed by atoms with van der Waals surface area (Å²) in [5.74, 6) is 1.17. The van der Waals surface area contributed by atoms with E-state index in [1.54, 1.807) is 33.9 Å². The molecule has 0 unspecified atom stereocenters. The maximum Gasteiger partial charge on any atom is 0.416 e. The minimum Gasteiger partial charge on any atom is -0.485 e. The number of rotatable bonds is 7. The van der Waals surface area contributed by atoms with Gasteiger partial charge in [-0.3, -0.25) is 0 Å². The summed E-state index contributed by atoms with van der Waals surface area (Å²) in [4.78, 5) is 34.6. The van der Waals surface area contributed by atoms with Crippen LogP contribution < -0.4 is 25.4 Å². The molecule has 1 aromatic carbocycles. The molecule has 14 heteroatoms. The van der Waals surface area contributed by atoms with Crippen LogP contribution in [0.5, 0.6) is 11.6 Å². The molecule has 1 saturated carbocycles. The van der Waals surface area contributed by atoms with E-state index in [9.17, 15) is 22.8 Å². The number of hydrogen-bond donors (Lipinski definition) is 3. The lowest BCUT2D eigenvalue weighted by atomic mass is 9.93. The zero-order chi connectivity index (χ0) is 29.8. The summed E-state index contributed by atoms with van der Waals surface area (Å²) in [5.41, 5.74) is -1.69. The van der Waals surface area contributed by atoms with E-state index < -0.39 is 35.6 Å². The van der Waals surface area contributed by atoms with Gasteiger partial charge in [-0.15, -0.1) is 0 Å². The molecule has 0 bridgehead atoms. The fourth-order valence-electron chi connectivity index (χ4n) is 4.45. The number of urea groups is 1. The second kappa shape index (κ2) is 12.3. The summed E-state index contributed by atoms with van der Waals surface area (Å²) in [5, 5.41) is 8.27. The third kappa shape index (κ3) is 8.51. The van der Waals surface area contributed by atoms with Gasteiger partial charge in [0.2, 0.25) is 5.88 Å². The van der Waals surface area contributed by atoms with Crippen molar-refractivity contribution in [2.45, 2.75) is 76.5 Å². The van der Waals surface area contributed by atoms with Crippen LogP contribution in [0.25, 0.3) is 0 Å². The molecular weight excluding hydrogens is 545 g/mol. The minimum absolute atomic E-state index is 0.0740. The first-order valence-corrected chi connectivity index (χ1v) is 13.4. The normalized spacial score (nSPS) is 19.5. The SMILES string of the molecule is CNc1cc(O[C@H]2CC[C@H](NC(=O)Nc3cc(C(F)(F)F)ccc3OC3CN(C(=O)OC(C)(C)C)C3)CC2)ncn1. The number of likely N-dealkylation sites (tertiary alicyclic amines) is 1. The van der Waals surface area contributed by atoms with Crippen LogP contribution in [0.3, 0.4) is 0 Å². The maximum atomic E-state index is 13.4. The highest BCUT2D eigenvalue weighted by atomic mass is 19.4. The summed E-state index contributed by atoms with van der Waals surface area (Å²) in [7, 11) is 1.75. The van der Waals surface area contributed by atoms with Gasteiger partial charge in [0.05, 0.1) is 24.3 Å². The highest BCUT2D eigenvalue weighted by Gasteiger charge is 2.36. The molecule has 224 valence electrons. The van der Waals surface area contributed by atoms with Gasteiger partial charge in [-0.05, 0) is 64.7 Å².